The van der Waals surface area contributed by atoms with Crippen LogP contribution in [0.3, 0.4) is 0 Å². The van der Waals surface area contributed by atoms with Gasteiger partial charge in [0.2, 0.25) is 0 Å². The van der Waals surface area contributed by atoms with Crippen LogP contribution >= 0.6 is 0 Å². The fourth-order valence-corrected chi connectivity index (χ4v) is 2.15. The molecule has 0 aromatic heterocycles. The van der Waals surface area contributed by atoms with Crippen molar-refractivity contribution in [1.82, 2.24) is 0 Å². The lowest BCUT2D eigenvalue weighted by molar-refractivity contribution is 0.242. The molecule has 0 radical (unpaired) electrons. The van der Waals surface area contributed by atoms with Crippen LogP contribution < -0.4 is 5.73 Å². The van der Waals surface area contributed by atoms with E-state index in [1.165, 1.54) is 6.07 Å². The van der Waals surface area contributed by atoms with Crippen molar-refractivity contribution in [3.8, 4) is 11.5 Å². The van der Waals surface area contributed by atoms with Gasteiger partial charge < -0.3 is 15.9 Å². The highest BCUT2D eigenvalue weighted by Gasteiger charge is 2.39. The molecule has 1 saturated carbocycles. The predicted octanol–water partition coefficient (Wildman–Crippen LogP) is 1.48. The van der Waals surface area contributed by atoms with E-state index >= 15 is 0 Å². The summed E-state index contributed by atoms with van der Waals surface area (Å²) in [6, 6.07) is 5.09. The minimum atomic E-state index is -0.0944. The van der Waals surface area contributed by atoms with E-state index in [4.69, 9.17) is 5.73 Å². The van der Waals surface area contributed by atoms with Gasteiger partial charge in [-0.25, -0.2) is 0 Å². The van der Waals surface area contributed by atoms with Crippen LogP contribution in [-0.2, 0) is 5.41 Å². The van der Waals surface area contributed by atoms with E-state index in [1.807, 2.05) is 6.07 Å². The van der Waals surface area contributed by atoms with Gasteiger partial charge in [-0.3, -0.25) is 0 Å². The van der Waals surface area contributed by atoms with Crippen LogP contribution in [0.2, 0.25) is 0 Å². The molecule has 1 aliphatic rings. The van der Waals surface area contributed by atoms with Crippen molar-refractivity contribution in [2.75, 3.05) is 6.54 Å². The lowest BCUT2D eigenvalue weighted by Crippen LogP contribution is -2.41. The fraction of sp³-hybridized carbons (Fsp3) is 0.455. The lowest BCUT2D eigenvalue weighted by atomic mass is 9.64. The summed E-state index contributed by atoms with van der Waals surface area (Å²) >= 11 is 0. The van der Waals surface area contributed by atoms with Crippen molar-refractivity contribution >= 4 is 0 Å². The summed E-state index contributed by atoms with van der Waals surface area (Å²) in [7, 11) is 0. The Morgan fingerprint density at radius 3 is 2.50 bits per heavy atom. The summed E-state index contributed by atoms with van der Waals surface area (Å²) in [4.78, 5) is 0. The van der Waals surface area contributed by atoms with Gasteiger partial charge in [-0.15, -0.1) is 0 Å². The van der Waals surface area contributed by atoms with E-state index in [-0.39, 0.29) is 16.9 Å². The smallest absolute Gasteiger partial charge is 0.161 e. The molecule has 0 saturated heterocycles. The minimum absolute atomic E-state index is 0.00218. The van der Waals surface area contributed by atoms with Crippen LogP contribution in [0.4, 0.5) is 0 Å². The molecule has 0 spiro atoms. The number of para-hydroxylation sites is 1. The largest absolute Gasteiger partial charge is 0.504 e. The van der Waals surface area contributed by atoms with Crippen molar-refractivity contribution in [3.05, 3.63) is 23.8 Å². The van der Waals surface area contributed by atoms with Crippen LogP contribution in [0.1, 0.15) is 24.8 Å². The van der Waals surface area contributed by atoms with Gasteiger partial charge in [0.05, 0.1) is 0 Å². The van der Waals surface area contributed by atoms with Gasteiger partial charge in [-0.1, -0.05) is 18.6 Å². The monoisotopic (exact) mass is 193 g/mol. The average Bonchev–Trinajstić information content (AvgIpc) is 2.11. The third kappa shape index (κ3) is 1.16. The molecule has 0 aliphatic heterocycles. The third-order valence-electron chi connectivity index (χ3n) is 3.29. The zero-order valence-electron chi connectivity index (χ0n) is 8.03. The maximum Gasteiger partial charge on any atom is 0.161 e. The number of hydrogen-bond donors (Lipinski definition) is 3. The first-order valence-electron chi connectivity index (χ1n) is 4.91. The molecule has 3 nitrogen and oxygen atoms in total. The average molecular weight is 193 g/mol. The standard InChI is InChI=1S/C11H15NO2/c12-7-11(5-2-6-11)8-3-1-4-9(13)10(8)14/h1,3-4,13-14H,2,5-7,12H2. The second-order valence-electron chi connectivity index (χ2n) is 4.01. The van der Waals surface area contributed by atoms with E-state index in [9.17, 15) is 10.2 Å². The molecule has 0 atom stereocenters. The molecule has 76 valence electrons. The minimum Gasteiger partial charge on any atom is -0.504 e. The fourth-order valence-electron chi connectivity index (χ4n) is 2.15. The van der Waals surface area contributed by atoms with E-state index < -0.39 is 0 Å². The number of benzene rings is 1. The number of phenolic OH excluding ortho intramolecular Hbond substituents is 2. The second-order valence-corrected chi connectivity index (χ2v) is 4.01. The maximum absolute atomic E-state index is 9.72. The molecule has 1 aliphatic carbocycles. The quantitative estimate of drug-likeness (QED) is 0.623. The number of rotatable bonds is 2. The lowest BCUT2D eigenvalue weighted by Gasteiger charge is -2.41. The number of hydrogen-bond acceptors (Lipinski definition) is 3. The molecule has 2 rings (SSSR count). The van der Waals surface area contributed by atoms with Gasteiger partial charge >= 0.3 is 0 Å². The van der Waals surface area contributed by atoms with Gasteiger partial charge in [0, 0.05) is 17.5 Å². The SMILES string of the molecule is NCC1(c2cccc(O)c2O)CCC1. The van der Waals surface area contributed by atoms with Gasteiger partial charge in [-0.2, -0.15) is 0 Å². The number of aromatic hydroxyl groups is 2. The van der Waals surface area contributed by atoms with Crippen molar-refractivity contribution in [3.63, 3.8) is 0 Å². The molecule has 1 aromatic rings. The molecule has 1 fully saturated rings. The van der Waals surface area contributed by atoms with Gasteiger partial charge in [0.1, 0.15) is 0 Å². The molecule has 3 heteroatoms. The molecular weight excluding hydrogens is 178 g/mol. The summed E-state index contributed by atoms with van der Waals surface area (Å²) in [6.45, 7) is 0.532. The highest BCUT2D eigenvalue weighted by Crippen LogP contribution is 2.48. The first kappa shape index (κ1) is 9.34. The van der Waals surface area contributed by atoms with Crippen LogP contribution in [0, 0.1) is 0 Å². The van der Waals surface area contributed by atoms with E-state index in [1.54, 1.807) is 6.07 Å². The Morgan fingerprint density at radius 2 is 2.00 bits per heavy atom. The topological polar surface area (TPSA) is 66.5 Å². The molecule has 0 heterocycles. The van der Waals surface area contributed by atoms with Crippen molar-refractivity contribution in [2.45, 2.75) is 24.7 Å². The normalized spacial score (nSPS) is 18.9. The van der Waals surface area contributed by atoms with E-state index in [2.05, 4.69) is 0 Å². The zero-order chi connectivity index (χ0) is 10.2. The van der Waals surface area contributed by atoms with E-state index in [0.29, 0.717) is 6.54 Å². The molecule has 4 N–H and O–H groups in total. The predicted molar refractivity (Wildman–Crippen MR) is 54.4 cm³/mol. The van der Waals surface area contributed by atoms with Crippen molar-refractivity contribution in [1.29, 1.82) is 0 Å². The highest BCUT2D eigenvalue weighted by atomic mass is 16.3. The second kappa shape index (κ2) is 3.17. The molecule has 14 heavy (non-hydrogen) atoms. The Hall–Kier alpha value is -1.22. The molecule has 1 aromatic carbocycles. The summed E-state index contributed by atoms with van der Waals surface area (Å²) in [5, 5.41) is 19.1. The van der Waals surface area contributed by atoms with Gasteiger partial charge in [0.15, 0.2) is 11.5 Å². The van der Waals surface area contributed by atoms with Crippen LogP contribution in [0.25, 0.3) is 0 Å². The summed E-state index contributed by atoms with van der Waals surface area (Å²) in [5.41, 5.74) is 6.43. The Bertz CT molecular complexity index is 340. The number of nitrogens with two attached hydrogens (primary N) is 1. The Balaban J connectivity index is 2.45. The molecular formula is C11H15NO2. The van der Waals surface area contributed by atoms with E-state index in [0.717, 1.165) is 24.8 Å². The molecule has 0 bridgehead atoms. The third-order valence-corrected chi connectivity index (χ3v) is 3.29. The first-order chi connectivity index (χ1) is 6.69. The Kier molecular flexibility index (Phi) is 2.11. The summed E-state index contributed by atoms with van der Waals surface area (Å²) in [5.74, 6) is -0.0557. The summed E-state index contributed by atoms with van der Waals surface area (Å²) < 4.78 is 0. The number of phenols is 2. The van der Waals surface area contributed by atoms with Crippen LogP contribution in [-0.4, -0.2) is 16.8 Å². The van der Waals surface area contributed by atoms with Crippen molar-refractivity contribution in [2.24, 2.45) is 5.73 Å². The Labute approximate surface area is 83.2 Å². The van der Waals surface area contributed by atoms with Crippen LogP contribution in [0.5, 0.6) is 11.5 Å². The van der Waals surface area contributed by atoms with Gasteiger partial charge in [0.25, 0.3) is 0 Å². The molecule has 0 unspecified atom stereocenters. The summed E-state index contributed by atoms with van der Waals surface area (Å²) in [6.07, 6.45) is 3.15. The maximum atomic E-state index is 9.72. The zero-order valence-corrected chi connectivity index (χ0v) is 8.03. The van der Waals surface area contributed by atoms with Crippen LogP contribution in [0.15, 0.2) is 18.2 Å². The van der Waals surface area contributed by atoms with Gasteiger partial charge in [-0.05, 0) is 18.9 Å². The first-order valence-corrected chi connectivity index (χ1v) is 4.91. The Morgan fingerprint density at radius 1 is 1.29 bits per heavy atom. The van der Waals surface area contributed by atoms with Crippen molar-refractivity contribution < 1.29 is 10.2 Å². The molecule has 0 amide bonds. The highest BCUT2D eigenvalue weighted by molar-refractivity contribution is 5.49.